The van der Waals surface area contributed by atoms with Crippen molar-refractivity contribution in [1.82, 2.24) is 14.5 Å². The van der Waals surface area contributed by atoms with E-state index in [9.17, 15) is 4.79 Å². The molecule has 0 radical (unpaired) electrons. The van der Waals surface area contributed by atoms with Crippen molar-refractivity contribution in [1.29, 1.82) is 0 Å². The Morgan fingerprint density at radius 2 is 1.78 bits per heavy atom. The molecule has 2 aromatic carbocycles. The molecule has 0 spiro atoms. The molecule has 0 N–H and O–H groups in total. The van der Waals surface area contributed by atoms with Crippen LogP contribution in [-0.2, 0) is 6.54 Å². The Hall–Kier alpha value is -2.04. The summed E-state index contributed by atoms with van der Waals surface area (Å²) in [6, 6.07) is 13.3. The monoisotopic (exact) mass is 401 g/mol. The number of hydrogen-bond acceptors (Lipinski definition) is 2. The highest BCUT2D eigenvalue weighted by Crippen LogP contribution is 2.26. The molecule has 4 nitrogen and oxygen atoms in total. The fraction of sp³-hybridized carbons (Fsp3) is 0.333. The van der Waals surface area contributed by atoms with E-state index >= 15 is 0 Å². The number of aryl methyl sites for hydroxylation is 1. The second-order valence-corrected chi connectivity index (χ2v) is 8.02. The van der Waals surface area contributed by atoms with E-state index in [4.69, 9.17) is 23.2 Å². The molecule has 6 heteroatoms. The third-order valence-corrected chi connectivity index (χ3v) is 5.73. The van der Waals surface area contributed by atoms with E-state index in [0.717, 1.165) is 43.8 Å². The van der Waals surface area contributed by atoms with Gasteiger partial charge in [-0.2, -0.15) is 0 Å². The number of piperidine rings is 1. The zero-order valence-electron chi connectivity index (χ0n) is 15.2. The molecule has 0 atom stereocenters. The van der Waals surface area contributed by atoms with E-state index in [0.29, 0.717) is 21.5 Å². The van der Waals surface area contributed by atoms with Crippen molar-refractivity contribution in [2.24, 2.45) is 5.92 Å². The molecule has 3 aromatic rings. The van der Waals surface area contributed by atoms with Crippen LogP contribution in [0.5, 0.6) is 0 Å². The van der Waals surface area contributed by atoms with E-state index in [-0.39, 0.29) is 5.91 Å². The number of halogens is 2. The Kier molecular flexibility index (Phi) is 5.11. The molecular formula is C21H21Cl2N3O. The van der Waals surface area contributed by atoms with Gasteiger partial charge in [-0.1, -0.05) is 35.3 Å². The summed E-state index contributed by atoms with van der Waals surface area (Å²) >= 11 is 12.1. The molecule has 1 fully saturated rings. The molecule has 2 heterocycles. The number of amides is 1. The molecular weight excluding hydrogens is 381 g/mol. The maximum Gasteiger partial charge on any atom is 0.253 e. The lowest BCUT2D eigenvalue weighted by Gasteiger charge is -2.32. The van der Waals surface area contributed by atoms with Crippen molar-refractivity contribution < 1.29 is 4.79 Å². The molecule has 27 heavy (non-hydrogen) atoms. The van der Waals surface area contributed by atoms with Crippen molar-refractivity contribution in [3.8, 4) is 0 Å². The standard InChI is InChI=1S/C21H21Cl2N3O/c1-14-24-19-4-2-3-5-20(19)26(14)13-15-6-8-25(9-7-15)21(27)16-10-17(22)12-18(23)11-16/h2-5,10-12,15H,6-9,13H2,1H3. The third-order valence-electron chi connectivity index (χ3n) is 5.30. The maximum atomic E-state index is 12.8. The highest BCUT2D eigenvalue weighted by molar-refractivity contribution is 6.35. The van der Waals surface area contributed by atoms with Crippen LogP contribution in [0, 0.1) is 12.8 Å². The van der Waals surface area contributed by atoms with Gasteiger partial charge in [0.2, 0.25) is 0 Å². The van der Waals surface area contributed by atoms with Gasteiger partial charge in [-0.15, -0.1) is 0 Å². The third kappa shape index (κ3) is 3.83. The fourth-order valence-electron chi connectivity index (χ4n) is 3.86. The fourth-order valence-corrected chi connectivity index (χ4v) is 4.39. The Labute approximate surface area is 168 Å². The van der Waals surface area contributed by atoms with Crippen LogP contribution in [0.1, 0.15) is 29.0 Å². The predicted octanol–water partition coefficient (Wildman–Crippen LogP) is 5.20. The summed E-state index contributed by atoms with van der Waals surface area (Å²) in [5.41, 5.74) is 2.78. The topological polar surface area (TPSA) is 38.1 Å². The van der Waals surface area contributed by atoms with Crippen LogP contribution >= 0.6 is 23.2 Å². The Balaban J connectivity index is 1.43. The second-order valence-electron chi connectivity index (χ2n) is 7.15. The van der Waals surface area contributed by atoms with Crippen molar-refractivity contribution in [2.75, 3.05) is 13.1 Å². The van der Waals surface area contributed by atoms with Gasteiger partial charge in [0.15, 0.2) is 0 Å². The first kappa shape index (κ1) is 18.3. The summed E-state index contributed by atoms with van der Waals surface area (Å²) in [5.74, 6) is 1.58. The van der Waals surface area contributed by atoms with E-state index in [1.54, 1.807) is 18.2 Å². The number of benzene rings is 2. The molecule has 1 saturated heterocycles. The van der Waals surface area contributed by atoms with Crippen LogP contribution in [-0.4, -0.2) is 33.4 Å². The smallest absolute Gasteiger partial charge is 0.253 e. The van der Waals surface area contributed by atoms with Gasteiger partial charge in [0.05, 0.1) is 11.0 Å². The quantitative estimate of drug-likeness (QED) is 0.604. The second kappa shape index (κ2) is 7.53. The average Bonchev–Trinajstić information content (AvgIpc) is 2.96. The Morgan fingerprint density at radius 1 is 1.11 bits per heavy atom. The van der Waals surface area contributed by atoms with Crippen LogP contribution < -0.4 is 0 Å². The normalized spacial score (nSPS) is 15.4. The van der Waals surface area contributed by atoms with E-state index in [1.165, 1.54) is 5.52 Å². The minimum Gasteiger partial charge on any atom is -0.339 e. The Bertz CT molecular complexity index is 970. The van der Waals surface area contributed by atoms with Gasteiger partial charge in [0, 0.05) is 35.2 Å². The van der Waals surface area contributed by atoms with Gasteiger partial charge >= 0.3 is 0 Å². The van der Waals surface area contributed by atoms with E-state index < -0.39 is 0 Å². The number of para-hydroxylation sites is 2. The lowest BCUT2D eigenvalue weighted by molar-refractivity contribution is 0.0683. The van der Waals surface area contributed by atoms with Crippen molar-refractivity contribution >= 4 is 40.1 Å². The first-order chi connectivity index (χ1) is 13.0. The van der Waals surface area contributed by atoms with Gasteiger partial charge in [0.1, 0.15) is 5.82 Å². The molecule has 140 valence electrons. The molecule has 1 amide bonds. The number of nitrogens with zero attached hydrogens (tertiary/aromatic N) is 3. The molecule has 1 aromatic heterocycles. The molecule has 0 aliphatic carbocycles. The lowest BCUT2D eigenvalue weighted by Crippen LogP contribution is -2.39. The molecule has 0 bridgehead atoms. The van der Waals surface area contributed by atoms with Crippen LogP contribution in [0.15, 0.2) is 42.5 Å². The SMILES string of the molecule is Cc1nc2ccccc2n1CC1CCN(C(=O)c2cc(Cl)cc(Cl)c2)CC1. The summed E-state index contributed by atoms with van der Waals surface area (Å²) in [7, 11) is 0. The number of hydrogen-bond donors (Lipinski definition) is 0. The minimum atomic E-state index is 0.00195. The lowest BCUT2D eigenvalue weighted by atomic mass is 9.96. The number of carbonyl (C=O) groups is 1. The number of carbonyl (C=O) groups excluding carboxylic acids is 1. The van der Waals surface area contributed by atoms with E-state index in [2.05, 4.69) is 34.7 Å². The zero-order valence-corrected chi connectivity index (χ0v) is 16.7. The summed E-state index contributed by atoms with van der Waals surface area (Å²) in [6.45, 7) is 4.50. The molecule has 1 aliphatic rings. The number of likely N-dealkylation sites (tertiary alicyclic amines) is 1. The first-order valence-corrected chi connectivity index (χ1v) is 9.94. The number of aromatic nitrogens is 2. The molecule has 0 unspecified atom stereocenters. The van der Waals surface area contributed by atoms with Crippen LogP contribution in [0.4, 0.5) is 0 Å². The molecule has 0 saturated carbocycles. The van der Waals surface area contributed by atoms with Crippen molar-refractivity contribution in [2.45, 2.75) is 26.3 Å². The van der Waals surface area contributed by atoms with Gasteiger partial charge in [0.25, 0.3) is 5.91 Å². The summed E-state index contributed by atoms with van der Waals surface area (Å²) in [6.07, 6.45) is 1.96. The maximum absolute atomic E-state index is 12.8. The highest BCUT2D eigenvalue weighted by Gasteiger charge is 2.25. The largest absolute Gasteiger partial charge is 0.339 e. The molecule has 4 rings (SSSR count). The minimum absolute atomic E-state index is 0.00195. The first-order valence-electron chi connectivity index (χ1n) is 9.18. The van der Waals surface area contributed by atoms with Crippen molar-refractivity contribution in [3.63, 3.8) is 0 Å². The zero-order chi connectivity index (χ0) is 19.0. The van der Waals surface area contributed by atoms with Gasteiger partial charge in [-0.05, 0) is 56.0 Å². The number of fused-ring (bicyclic) bond motifs is 1. The molecule has 1 aliphatic heterocycles. The van der Waals surface area contributed by atoms with Crippen LogP contribution in [0.2, 0.25) is 10.0 Å². The predicted molar refractivity (Wildman–Crippen MR) is 110 cm³/mol. The van der Waals surface area contributed by atoms with E-state index in [1.807, 2.05) is 11.0 Å². The highest BCUT2D eigenvalue weighted by atomic mass is 35.5. The van der Waals surface area contributed by atoms with Gasteiger partial charge in [-0.3, -0.25) is 4.79 Å². The van der Waals surface area contributed by atoms with Gasteiger partial charge in [-0.25, -0.2) is 4.98 Å². The average molecular weight is 402 g/mol. The summed E-state index contributed by atoms with van der Waals surface area (Å²) in [5, 5.41) is 0.978. The van der Waals surface area contributed by atoms with Crippen LogP contribution in [0.3, 0.4) is 0 Å². The number of imidazole rings is 1. The Morgan fingerprint density at radius 3 is 2.48 bits per heavy atom. The summed E-state index contributed by atoms with van der Waals surface area (Å²) < 4.78 is 2.30. The summed E-state index contributed by atoms with van der Waals surface area (Å²) in [4.78, 5) is 19.3. The van der Waals surface area contributed by atoms with Crippen molar-refractivity contribution in [3.05, 3.63) is 63.9 Å². The van der Waals surface area contributed by atoms with Crippen LogP contribution in [0.25, 0.3) is 11.0 Å². The van der Waals surface area contributed by atoms with Gasteiger partial charge < -0.3 is 9.47 Å². The number of rotatable bonds is 3.